The van der Waals surface area contributed by atoms with E-state index in [9.17, 15) is 4.79 Å². The maximum absolute atomic E-state index is 11.5. The first-order valence-corrected chi connectivity index (χ1v) is 11.0. The molecule has 164 valence electrons. The molecule has 31 heavy (non-hydrogen) atoms. The Morgan fingerprint density at radius 2 is 2.19 bits per heavy atom. The summed E-state index contributed by atoms with van der Waals surface area (Å²) >= 11 is 6.12. The van der Waals surface area contributed by atoms with Gasteiger partial charge in [0, 0.05) is 49.0 Å². The number of carbonyl (C=O) groups excluding carboxylic acids is 1. The van der Waals surface area contributed by atoms with E-state index in [1.807, 2.05) is 36.4 Å². The van der Waals surface area contributed by atoms with Gasteiger partial charge in [0.25, 0.3) is 0 Å². The molecule has 1 saturated heterocycles. The SMILES string of the molecule is CN=C(NCCOc1ccc2c(c1)CCC(=O)N2)NC1CCN(c2cccc(Cl)c2)C1. The fraction of sp³-hybridized carbons (Fsp3) is 0.391. The second-order valence-electron chi connectivity index (χ2n) is 7.77. The predicted octanol–water partition coefficient (Wildman–Crippen LogP) is 3.05. The molecule has 3 N–H and O–H groups in total. The minimum absolute atomic E-state index is 0.0715. The molecule has 1 unspecified atom stereocenters. The van der Waals surface area contributed by atoms with Crippen LogP contribution in [0.3, 0.4) is 0 Å². The molecule has 2 aliphatic rings. The number of anilines is 2. The van der Waals surface area contributed by atoms with Crippen LogP contribution in [0, 0.1) is 0 Å². The second kappa shape index (κ2) is 9.92. The molecule has 7 nitrogen and oxygen atoms in total. The molecule has 1 fully saturated rings. The average molecular weight is 442 g/mol. The lowest BCUT2D eigenvalue weighted by atomic mass is 10.0. The molecule has 0 saturated carbocycles. The van der Waals surface area contributed by atoms with Crippen LogP contribution in [-0.4, -0.2) is 51.2 Å². The Morgan fingerprint density at radius 1 is 1.29 bits per heavy atom. The number of nitrogens with zero attached hydrogens (tertiary/aromatic N) is 2. The van der Waals surface area contributed by atoms with Gasteiger partial charge in [-0.25, -0.2) is 0 Å². The van der Waals surface area contributed by atoms with Gasteiger partial charge < -0.3 is 25.6 Å². The number of guanidine groups is 1. The van der Waals surface area contributed by atoms with Crippen LogP contribution in [0.25, 0.3) is 0 Å². The number of hydrogen-bond donors (Lipinski definition) is 3. The molecule has 2 aliphatic heterocycles. The maximum atomic E-state index is 11.5. The molecular weight excluding hydrogens is 414 g/mol. The third-order valence-electron chi connectivity index (χ3n) is 5.56. The van der Waals surface area contributed by atoms with Gasteiger partial charge in [0.2, 0.25) is 5.91 Å². The Labute approximate surface area is 187 Å². The number of rotatable bonds is 6. The summed E-state index contributed by atoms with van der Waals surface area (Å²) in [5.74, 6) is 1.66. The van der Waals surface area contributed by atoms with Crippen LogP contribution in [0.15, 0.2) is 47.5 Å². The average Bonchev–Trinajstić information content (AvgIpc) is 3.24. The van der Waals surface area contributed by atoms with Crippen molar-refractivity contribution in [3.63, 3.8) is 0 Å². The van der Waals surface area contributed by atoms with Crippen LogP contribution in [0.2, 0.25) is 5.02 Å². The molecule has 2 aromatic rings. The van der Waals surface area contributed by atoms with Crippen molar-refractivity contribution in [3.8, 4) is 5.75 Å². The Kier molecular flexibility index (Phi) is 6.82. The van der Waals surface area contributed by atoms with Crippen LogP contribution in [-0.2, 0) is 11.2 Å². The number of nitrogens with one attached hydrogen (secondary N) is 3. The van der Waals surface area contributed by atoms with Crippen molar-refractivity contribution >= 4 is 34.8 Å². The summed E-state index contributed by atoms with van der Waals surface area (Å²) in [5, 5.41) is 10.5. The number of ether oxygens (including phenoxy) is 1. The van der Waals surface area contributed by atoms with Crippen molar-refractivity contribution in [1.29, 1.82) is 0 Å². The van der Waals surface area contributed by atoms with Crippen molar-refractivity contribution in [2.45, 2.75) is 25.3 Å². The number of carbonyl (C=O) groups is 1. The van der Waals surface area contributed by atoms with Crippen LogP contribution >= 0.6 is 11.6 Å². The number of hydrogen-bond acceptors (Lipinski definition) is 4. The monoisotopic (exact) mass is 441 g/mol. The smallest absolute Gasteiger partial charge is 0.224 e. The normalized spacial score (nSPS) is 18.4. The van der Waals surface area contributed by atoms with Crippen LogP contribution in [0.4, 0.5) is 11.4 Å². The number of aryl methyl sites for hydroxylation is 1. The second-order valence-corrected chi connectivity index (χ2v) is 8.21. The number of amides is 1. The van der Waals surface area contributed by atoms with Gasteiger partial charge in [0.05, 0.1) is 6.54 Å². The lowest BCUT2D eigenvalue weighted by Crippen LogP contribution is -2.45. The highest BCUT2D eigenvalue weighted by Crippen LogP contribution is 2.27. The zero-order valence-electron chi connectivity index (χ0n) is 17.7. The molecular formula is C23H28ClN5O2. The summed E-state index contributed by atoms with van der Waals surface area (Å²) in [5.41, 5.74) is 3.15. The molecule has 0 aromatic heterocycles. The minimum atomic E-state index is 0.0715. The summed E-state index contributed by atoms with van der Waals surface area (Å²) in [7, 11) is 1.78. The van der Waals surface area contributed by atoms with Gasteiger partial charge in [-0.2, -0.15) is 0 Å². The first-order valence-electron chi connectivity index (χ1n) is 10.6. The summed E-state index contributed by atoms with van der Waals surface area (Å²) in [4.78, 5) is 18.1. The molecule has 2 heterocycles. The van der Waals surface area contributed by atoms with Crippen molar-refractivity contribution in [2.75, 3.05) is 43.5 Å². The van der Waals surface area contributed by atoms with Gasteiger partial charge in [-0.05, 0) is 54.8 Å². The van der Waals surface area contributed by atoms with E-state index < -0.39 is 0 Å². The Hall–Kier alpha value is -2.93. The highest BCUT2D eigenvalue weighted by atomic mass is 35.5. The van der Waals surface area contributed by atoms with Crippen LogP contribution in [0.1, 0.15) is 18.4 Å². The lowest BCUT2D eigenvalue weighted by molar-refractivity contribution is -0.116. The van der Waals surface area contributed by atoms with E-state index in [0.29, 0.717) is 25.6 Å². The van der Waals surface area contributed by atoms with Gasteiger partial charge in [-0.3, -0.25) is 9.79 Å². The fourth-order valence-electron chi connectivity index (χ4n) is 3.96. The highest BCUT2D eigenvalue weighted by Gasteiger charge is 2.23. The van der Waals surface area contributed by atoms with Gasteiger partial charge in [-0.15, -0.1) is 0 Å². The standard InChI is InChI=1S/C23H28ClN5O2/c1-25-23(27-18-9-11-29(15-18)19-4-2-3-17(24)14-19)26-10-12-31-20-6-7-21-16(13-20)5-8-22(30)28-21/h2-4,6-7,13-14,18H,5,8-12,15H2,1H3,(H,28,30)(H2,25,26,27). The van der Waals surface area contributed by atoms with Gasteiger partial charge >= 0.3 is 0 Å². The van der Waals surface area contributed by atoms with Crippen molar-refractivity contribution in [3.05, 3.63) is 53.1 Å². The van der Waals surface area contributed by atoms with E-state index in [1.165, 1.54) is 0 Å². The molecule has 0 radical (unpaired) electrons. The fourth-order valence-corrected chi connectivity index (χ4v) is 4.15. The van der Waals surface area contributed by atoms with E-state index >= 15 is 0 Å². The molecule has 0 aliphatic carbocycles. The van der Waals surface area contributed by atoms with Crippen molar-refractivity contribution < 1.29 is 9.53 Å². The van der Waals surface area contributed by atoms with E-state index in [1.54, 1.807) is 7.05 Å². The summed E-state index contributed by atoms with van der Waals surface area (Å²) < 4.78 is 5.87. The largest absolute Gasteiger partial charge is 0.492 e. The predicted molar refractivity (Wildman–Crippen MR) is 125 cm³/mol. The van der Waals surface area contributed by atoms with E-state index in [2.05, 4.69) is 31.9 Å². The number of benzene rings is 2. The van der Waals surface area contributed by atoms with Gasteiger partial charge in [0.15, 0.2) is 5.96 Å². The van der Waals surface area contributed by atoms with E-state index in [0.717, 1.165) is 59.6 Å². The Morgan fingerprint density at radius 3 is 3.03 bits per heavy atom. The maximum Gasteiger partial charge on any atom is 0.224 e. The summed E-state index contributed by atoms with van der Waals surface area (Å²) in [6.07, 6.45) is 2.31. The number of halogens is 1. The Bertz CT molecular complexity index is 965. The molecule has 1 amide bonds. The topological polar surface area (TPSA) is 78.0 Å². The highest BCUT2D eigenvalue weighted by molar-refractivity contribution is 6.30. The summed E-state index contributed by atoms with van der Waals surface area (Å²) in [6.45, 7) is 3.05. The number of aliphatic imine (C=N–C) groups is 1. The number of fused-ring (bicyclic) bond motifs is 1. The minimum Gasteiger partial charge on any atom is -0.492 e. The van der Waals surface area contributed by atoms with Gasteiger partial charge in [-0.1, -0.05) is 17.7 Å². The van der Waals surface area contributed by atoms with Crippen LogP contribution < -0.4 is 25.6 Å². The first kappa shape index (κ1) is 21.3. The van der Waals surface area contributed by atoms with Crippen molar-refractivity contribution in [2.24, 2.45) is 4.99 Å². The Balaban J connectivity index is 1.20. The van der Waals surface area contributed by atoms with Gasteiger partial charge in [0.1, 0.15) is 12.4 Å². The third-order valence-corrected chi connectivity index (χ3v) is 5.80. The molecule has 2 aromatic carbocycles. The zero-order valence-corrected chi connectivity index (χ0v) is 18.4. The zero-order chi connectivity index (χ0) is 21.6. The third kappa shape index (κ3) is 5.61. The summed E-state index contributed by atoms with van der Waals surface area (Å²) in [6, 6.07) is 14.1. The molecule has 4 rings (SSSR count). The van der Waals surface area contributed by atoms with Crippen LogP contribution in [0.5, 0.6) is 5.75 Å². The quantitative estimate of drug-likeness (QED) is 0.365. The van der Waals surface area contributed by atoms with E-state index in [4.69, 9.17) is 16.3 Å². The first-order chi connectivity index (χ1) is 15.1. The lowest BCUT2D eigenvalue weighted by Gasteiger charge is -2.21. The molecule has 0 bridgehead atoms. The van der Waals surface area contributed by atoms with E-state index in [-0.39, 0.29) is 5.91 Å². The molecule has 1 atom stereocenters. The van der Waals surface area contributed by atoms with Crippen molar-refractivity contribution in [1.82, 2.24) is 10.6 Å². The molecule has 0 spiro atoms. The molecule has 8 heteroatoms.